The molecule has 2 amide bonds. The van der Waals surface area contributed by atoms with Gasteiger partial charge in [-0.3, -0.25) is 14.7 Å². The largest absolute Gasteiger partial charge is 0.484 e. The van der Waals surface area contributed by atoms with Crippen molar-refractivity contribution in [1.29, 1.82) is 0 Å². The van der Waals surface area contributed by atoms with Crippen molar-refractivity contribution in [3.05, 3.63) is 65.7 Å². The van der Waals surface area contributed by atoms with Gasteiger partial charge in [0.05, 0.1) is 22.3 Å². The number of carbonyl (C=O) groups excluding carboxylic acids is 2. The van der Waals surface area contributed by atoms with Crippen molar-refractivity contribution in [2.75, 3.05) is 31.1 Å². The number of imide groups is 1. The van der Waals surface area contributed by atoms with Crippen LogP contribution in [0, 0.1) is 17.7 Å². The smallest absolute Gasteiger partial charge is 0.276 e. The fourth-order valence-corrected chi connectivity index (χ4v) is 7.14. The number of rotatable bonds is 7. The monoisotopic (exact) mass is 609 g/mol. The van der Waals surface area contributed by atoms with Gasteiger partial charge in [0.15, 0.2) is 11.6 Å². The summed E-state index contributed by atoms with van der Waals surface area (Å²) < 4.78 is 20.7. The van der Waals surface area contributed by atoms with Gasteiger partial charge in [0.2, 0.25) is 0 Å². The average molecular weight is 610 g/mol. The number of anilines is 1. The van der Waals surface area contributed by atoms with Crippen molar-refractivity contribution < 1.29 is 18.7 Å². The number of benzene rings is 2. The molecule has 45 heavy (non-hydrogen) atoms. The molecule has 0 bridgehead atoms. The quantitative estimate of drug-likeness (QED) is 0.269. The molecule has 11 heteroatoms. The molecule has 4 aromatic rings. The summed E-state index contributed by atoms with van der Waals surface area (Å²) >= 11 is 0. The summed E-state index contributed by atoms with van der Waals surface area (Å²) in [7, 11) is 0. The molecular weight excluding hydrogens is 573 g/mol. The van der Waals surface area contributed by atoms with Gasteiger partial charge >= 0.3 is 0 Å². The van der Waals surface area contributed by atoms with E-state index in [-0.39, 0.29) is 23.2 Å². The van der Waals surface area contributed by atoms with Crippen LogP contribution in [0.3, 0.4) is 0 Å². The van der Waals surface area contributed by atoms with Gasteiger partial charge in [0.25, 0.3) is 11.8 Å². The summed E-state index contributed by atoms with van der Waals surface area (Å²) in [5.74, 6) is 1.54. The Morgan fingerprint density at radius 3 is 2.27 bits per heavy atom. The fraction of sp³-hybridized carbons (Fsp3) is 0.441. The van der Waals surface area contributed by atoms with Gasteiger partial charge in [-0.05, 0) is 81.9 Å². The summed E-state index contributed by atoms with van der Waals surface area (Å²) in [4.78, 5) is 37.2. The first-order chi connectivity index (χ1) is 21.8. The van der Waals surface area contributed by atoms with Gasteiger partial charge in [-0.15, -0.1) is 0 Å². The molecule has 2 saturated heterocycles. The van der Waals surface area contributed by atoms with Gasteiger partial charge < -0.3 is 9.64 Å². The molecule has 0 spiro atoms. The van der Waals surface area contributed by atoms with Crippen LogP contribution >= 0.6 is 0 Å². The molecular formula is C34H36FN7O3. The van der Waals surface area contributed by atoms with E-state index in [1.54, 1.807) is 36.7 Å². The van der Waals surface area contributed by atoms with Crippen LogP contribution < -0.4 is 9.64 Å². The standard InChI is InChI=1S/C34H36FN7O3/c1-34(10-11-34)45-29-17-25-27(18-26(29)35)38-39-31(25)28-19-30(37-20-36-28)40-12-6-21(7-13-40)16-22-8-14-41(15-9-22)42-32(43)23-4-2-3-5-24(23)33(42)44/h2-5,17-22H,6-16H2,1H3,(H,38,39). The molecule has 1 aliphatic carbocycles. The number of hydrogen-bond donors (Lipinski definition) is 1. The second kappa shape index (κ2) is 10.9. The second-order valence-corrected chi connectivity index (χ2v) is 13.2. The van der Waals surface area contributed by atoms with Gasteiger partial charge in [-0.25, -0.2) is 24.4 Å². The Labute approximate surface area is 260 Å². The molecule has 0 radical (unpaired) electrons. The highest BCUT2D eigenvalue weighted by Crippen LogP contribution is 2.42. The van der Waals surface area contributed by atoms with Crippen molar-refractivity contribution in [1.82, 2.24) is 30.2 Å². The Kier molecular flexibility index (Phi) is 6.81. The molecule has 0 atom stereocenters. The Morgan fingerprint density at radius 1 is 0.933 bits per heavy atom. The van der Waals surface area contributed by atoms with Crippen molar-refractivity contribution in [2.45, 2.75) is 57.5 Å². The van der Waals surface area contributed by atoms with Gasteiger partial charge in [0.1, 0.15) is 23.4 Å². The van der Waals surface area contributed by atoms with Gasteiger partial charge in [-0.2, -0.15) is 5.10 Å². The Hall–Kier alpha value is -4.38. The van der Waals surface area contributed by atoms with Crippen LogP contribution in [0.1, 0.15) is 72.6 Å². The topological polar surface area (TPSA) is 108 Å². The maximum atomic E-state index is 14.7. The molecule has 5 heterocycles. The first-order valence-electron chi connectivity index (χ1n) is 16.0. The summed E-state index contributed by atoms with van der Waals surface area (Å²) in [6.45, 7) is 5.27. The van der Waals surface area contributed by atoms with E-state index in [2.05, 4.69) is 25.1 Å². The van der Waals surface area contributed by atoms with Gasteiger partial charge in [0, 0.05) is 43.7 Å². The first-order valence-corrected chi connectivity index (χ1v) is 16.0. The van der Waals surface area contributed by atoms with Crippen LogP contribution in [0.25, 0.3) is 22.3 Å². The number of fused-ring (bicyclic) bond motifs is 2. The number of H-pyrrole nitrogens is 1. The van der Waals surface area contributed by atoms with E-state index in [9.17, 15) is 14.0 Å². The fourth-order valence-electron chi connectivity index (χ4n) is 7.14. The third-order valence-electron chi connectivity index (χ3n) is 10.1. The number of nitrogens with zero attached hydrogens (tertiary/aromatic N) is 6. The summed E-state index contributed by atoms with van der Waals surface area (Å²) in [5.41, 5.74) is 2.66. The number of nitrogens with one attached hydrogen (secondary N) is 1. The zero-order chi connectivity index (χ0) is 30.7. The Bertz CT molecular complexity index is 1750. The van der Waals surface area contributed by atoms with Crippen molar-refractivity contribution >= 4 is 28.5 Å². The SMILES string of the molecule is CC1(Oc2cc3c(-c4cc(N5CCC(CC6CCN(N7C(=O)c8ccccc8C7=O)CC6)CC5)ncn4)n[nH]c3cc2F)CC1. The van der Waals surface area contributed by atoms with E-state index in [0.29, 0.717) is 39.9 Å². The molecule has 4 aliphatic rings. The number of aromatic amines is 1. The van der Waals surface area contributed by atoms with Gasteiger partial charge in [-0.1, -0.05) is 12.1 Å². The number of hydrogen-bond acceptors (Lipinski definition) is 8. The highest BCUT2D eigenvalue weighted by atomic mass is 19.1. The van der Waals surface area contributed by atoms with Crippen LogP contribution in [-0.4, -0.2) is 73.8 Å². The van der Waals surface area contributed by atoms with Crippen molar-refractivity contribution in [2.24, 2.45) is 11.8 Å². The van der Waals surface area contributed by atoms with Crippen molar-refractivity contribution in [3.63, 3.8) is 0 Å². The maximum Gasteiger partial charge on any atom is 0.276 e. The highest BCUT2D eigenvalue weighted by Gasteiger charge is 2.41. The zero-order valence-electron chi connectivity index (χ0n) is 25.3. The average Bonchev–Trinajstić information content (AvgIpc) is 3.56. The number of halogens is 1. The number of piperidine rings is 2. The van der Waals surface area contributed by atoms with Crippen LogP contribution in [0.2, 0.25) is 0 Å². The van der Waals surface area contributed by atoms with E-state index in [1.165, 1.54) is 11.1 Å². The van der Waals surface area contributed by atoms with E-state index in [1.807, 2.05) is 18.0 Å². The molecule has 1 N–H and O–H groups in total. The second-order valence-electron chi connectivity index (χ2n) is 13.2. The Balaban J connectivity index is 0.875. The van der Waals surface area contributed by atoms with E-state index < -0.39 is 5.82 Å². The van der Waals surface area contributed by atoms with Crippen LogP contribution in [0.15, 0.2) is 48.8 Å². The lowest BCUT2D eigenvalue weighted by Gasteiger charge is -2.39. The number of aromatic nitrogens is 4. The molecule has 0 unspecified atom stereocenters. The lowest BCUT2D eigenvalue weighted by Crippen LogP contribution is -2.50. The van der Waals surface area contributed by atoms with Crippen LogP contribution in [0.4, 0.5) is 10.2 Å². The third-order valence-corrected chi connectivity index (χ3v) is 10.1. The predicted octanol–water partition coefficient (Wildman–Crippen LogP) is 5.62. The minimum Gasteiger partial charge on any atom is -0.484 e. The van der Waals surface area contributed by atoms with Crippen LogP contribution in [0.5, 0.6) is 5.75 Å². The molecule has 3 aliphatic heterocycles. The minimum absolute atomic E-state index is 0.203. The number of ether oxygens (including phenoxy) is 1. The number of hydrazine groups is 1. The summed E-state index contributed by atoms with van der Waals surface area (Å²) in [6.07, 6.45) is 8.72. The molecule has 2 aromatic heterocycles. The lowest BCUT2D eigenvalue weighted by atomic mass is 9.83. The molecule has 3 fully saturated rings. The number of amides is 2. The minimum atomic E-state index is -0.398. The van der Waals surface area contributed by atoms with Crippen LogP contribution in [-0.2, 0) is 0 Å². The normalized spacial score (nSPS) is 20.7. The highest BCUT2D eigenvalue weighted by molar-refractivity contribution is 6.20. The third kappa shape index (κ3) is 5.22. The summed E-state index contributed by atoms with van der Waals surface area (Å²) in [6, 6.07) is 12.2. The van der Waals surface area contributed by atoms with E-state index >= 15 is 0 Å². The Morgan fingerprint density at radius 2 is 1.60 bits per heavy atom. The zero-order valence-corrected chi connectivity index (χ0v) is 25.3. The predicted molar refractivity (Wildman–Crippen MR) is 166 cm³/mol. The molecule has 8 rings (SSSR count). The van der Waals surface area contributed by atoms with E-state index in [0.717, 1.165) is 82.3 Å². The lowest BCUT2D eigenvalue weighted by molar-refractivity contribution is -0.0159. The first kappa shape index (κ1) is 28.1. The molecule has 2 aromatic carbocycles. The number of carbonyl (C=O) groups is 2. The van der Waals surface area contributed by atoms with Crippen molar-refractivity contribution in [3.8, 4) is 17.1 Å². The molecule has 1 saturated carbocycles. The molecule has 10 nitrogen and oxygen atoms in total. The summed E-state index contributed by atoms with van der Waals surface area (Å²) in [5, 5.41) is 11.5. The maximum absolute atomic E-state index is 14.7. The van der Waals surface area contributed by atoms with E-state index in [4.69, 9.17) is 4.74 Å². The molecule has 232 valence electrons.